The van der Waals surface area contributed by atoms with E-state index in [1.54, 1.807) is 39.3 Å². The fourth-order valence-electron chi connectivity index (χ4n) is 2.94. The fraction of sp³-hybridized carbons (Fsp3) is 0.381. The zero-order valence-electron chi connectivity index (χ0n) is 16.6. The molecule has 0 atom stereocenters. The van der Waals surface area contributed by atoms with Gasteiger partial charge in [-0.25, -0.2) is 0 Å². The van der Waals surface area contributed by atoms with Crippen LogP contribution >= 0.6 is 0 Å². The zero-order valence-corrected chi connectivity index (χ0v) is 16.6. The van der Waals surface area contributed by atoms with E-state index < -0.39 is 23.4 Å². The van der Waals surface area contributed by atoms with Crippen LogP contribution in [0.2, 0.25) is 0 Å². The Kier molecular flexibility index (Phi) is 7.52. The lowest BCUT2D eigenvalue weighted by atomic mass is 10.0. The Bertz CT molecular complexity index is 884. The predicted molar refractivity (Wildman–Crippen MR) is 103 cm³/mol. The van der Waals surface area contributed by atoms with Gasteiger partial charge in [-0.3, -0.25) is 19.0 Å². The van der Waals surface area contributed by atoms with Crippen molar-refractivity contribution < 1.29 is 23.8 Å². The number of hydrogen-bond donors (Lipinski definition) is 0. The predicted octanol–water partition coefficient (Wildman–Crippen LogP) is 2.50. The van der Waals surface area contributed by atoms with Gasteiger partial charge in [0, 0.05) is 24.4 Å². The first kappa shape index (κ1) is 21.4. The van der Waals surface area contributed by atoms with Crippen molar-refractivity contribution in [2.24, 2.45) is 0 Å². The molecule has 1 aromatic carbocycles. The van der Waals surface area contributed by atoms with Crippen LogP contribution in [0.3, 0.4) is 0 Å². The first-order valence-corrected chi connectivity index (χ1v) is 9.08. The minimum atomic E-state index is -1.43. The average molecular weight is 387 g/mol. The molecule has 0 saturated heterocycles. The summed E-state index contributed by atoms with van der Waals surface area (Å²) in [7, 11) is 1.57. The van der Waals surface area contributed by atoms with Crippen LogP contribution in [0.4, 0.5) is 0 Å². The van der Waals surface area contributed by atoms with Crippen molar-refractivity contribution in [1.82, 2.24) is 4.57 Å². The smallest absolute Gasteiger partial charge is 0.325 e. The molecule has 2 aromatic rings. The van der Waals surface area contributed by atoms with Crippen LogP contribution in [0.1, 0.15) is 36.5 Å². The van der Waals surface area contributed by atoms with Gasteiger partial charge in [-0.2, -0.15) is 0 Å². The van der Waals surface area contributed by atoms with Gasteiger partial charge in [-0.15, -0.1) is 0 Å². The van der Waals surface area contributed by atoms with Gasteiger partial charge in [0.1, 0.15) is 0 Å². The van der Waals surface area contributed by atoms with Crippen LogP contribution in [0.25, 0.3) is 5.69 Å². The number of methoxy groups -OCH3 is 1. The van der Waals surface area contributed by atoms with Gasteiger partial charge >= 0.3 is 11.9 Å². The molecule has 0 unspecified atom stereocenters. The molecule has 0 bridgehead atoms. The number of ether oxygens (including phenoxy) is 3. The molecule has 0 N–H and O–H groups in total. The summed E-state index contributed by atoms with van der Waals surface area (Å²) >= 11 is 0. The highest BCUT2D eigenvalue weighted by atomic mass is 16.6. The number of pyridine rings is 1. The lowest BCUT2D eigenvalue weighted by molar-refractivity contribution is -0.157. The van der Waals surface area contributed by atoms with E-state index in [9.17, 15) is 14.4 Å². The van der Waals surface area contributed by atoms with Crippen molar-refractivity contribution in [2.75, 3.05) is 20.3 Å². The molecular weight excluding hydrogens is 362 g/mol. The third-order valence-corrected chi connectivity index (χ3v) is 4.13. The van der Waals surface area contributed by atoms with Crippen molar-refractivity contribution in [3.8, 4) is 5.69 Å². The summed E-state index contributed by atoms with van der Waals surface area (Å²) in [6, 6.07) is 8.66. The summed E-state index contributed by atoms with van der Waals surface area (Å²) in [5.41, 5.74) is 1.96. The topological polar surface area (TPSA) is 83.8 Å². The molecule has 0 aliphatic heterocycles. The fourth-order valence-corrected chi connectivity index (χ4v) is 2.94. The molecule has 1 aromatic heterocycles. The number of nitrogens with zero attached hydrogens (tertiary/aromatic N) is 1. The lowest BCUT2D eigenvalue weighted by Crippen LogP contribution is -2.33. The maximum absolute atomic E-state index is 13.2. The van der Waals surface area contributed by atoms with Gasteiger partial charge in [0.05, 0.1) is 25.5 Å². The van der Waals surface area contributed by atoms with E-state index in [0.29, 0.717) is 12.3 Å². The van der Waals surface area contributed by atoms with Crippen molar-refractivity contribution in [3.05, 3.63) is 63.6 Å². The summed E-state index contributed by atoms with van der Waals surface area (Å²) in [6.45, 7) is 5.70. The zero-order chi connectivity index (χ0) is 20.7. The summed E-state index contributed by atoms with van der Waals surface area (Å²) < 4.78 is 16.6. The second-order valence-corrected chi connectivity index (χ2v) is 6.14. The van der Waals surface area contributed by atoms with E-state index in [1.807, 2.05) is 19.1 Å². The molecule has 0 spiro atoms. The molecule has 0 radical (unpaired) electrons. The van der Waals surface area contributed by atoms with E-state index >= 15 is 0 Å². The van der Waals surface area contributed by atoms with Crippen LogP contribution in [0, 0.1) is 6.92 Å². The SMILES string of the molecule is CCOC(=O)C(C(=O)OCC)c1cccn(-c2ccc(C)cc2COC)c1=O. The Balaban J connectivity index is 2.61. The van der Waals surface area contributed by atoms with E-state index in [0.717, 1.165) is 11.1 Å². The molecule has 7 heteroatoms. The minimum absolute atomic E-state index is 0.00309. The van der Waals surface area contributed by atoms with Crippen LogP contribution in [0.5, 0.6) is 0 Å². The Morgan fingerprint density at radius 2 is 1.71 bits per heavy atom. The number of aromatic nitrogens is 1. The number of carbonyl (C=O) groups is 2. The highest BCUT2D eigenvalue weighted by molar-refractivity contribution is 6.00. The number of hydrogen-bond acceptors (Lipinski definition) is 6. The molecule has 150 valence electrons. The Morgan fingerprint density at radius 3 is 2.29 bits per heavy atom. The van der Waals surface area contributed by atoms with Crippen LogP contribution in [0.15, 0.2) is 41.3 Å². The molecule has 0 fully saturated rings. The summed E-state index contributed by atoms with van der Waals surface area (Å²) in [5.74, 6) is -3.05. The van der Waals surface area contributed by atoms with Crippen molar-refractivity contribution >= 4 is 11.9 Å². The first-order chi connectivity index (χ1) is 13.4. The number of rotatable bonds is 8. The van der Waals surface area contributed by atoms with E-state index in [1.165, 1.54) is 10.6 Å². The van der Waals surface area contributed by atoms with Gasteiger partial charge in [0.25, 0.3) is 5.56 Å². The molecule has 0 aliphatic carbocycles. The van der Waals surface area contributed by atoms with Crippen molar-refractivity contribution in [3.63, 3.8) is 0 Å². The largest absolute Gasteiger partial charge is 0.465 e. The third kappa shape index (κ3) is 4.67. The minimum Gasteiger partial charge on any atom is -0.465 e. The van der Waals surface area contributed by atoms with Crippen LogP contribution in [-0.4, -0.2) is 36.8 Å². The normalized spacial score (nSPS) is 10.8. The third-order valence-electron chi connectivity index (χ3n) is 4.13. The Morgan fingerprint density at radius 1 is 1.07 bits per heavy atom. The molecule has 0 amide bonds. The quantitative estimate of drug-likeness (QED) is 0.511. The van der Waals surface area contributed by atoms with E-state index in [4.69, 9.17) is 14.2 Å². The van der Waals surface area contributed by atoms with Gasteiger partial charge in [0.2, 0.25) is 0 Å². The second kappa shape index (κ2) is 9.85. The Hall–Kier alpha value is -2.93. The summed E-state index contributed by atoms with van der Waals surface area (Å²) in [4.78, 5) is 37.9. The van der Waals surface area contributed by atoms with E-state index in [2.05, 4.69) is 0 Å². The maximum Gasteiger partial charge on any atom is 0.325 e. The van der Waals surface area contributed by atoms with Crippen molar-refractivity contribution in [1.29, 1.82) is 0 Å². The van der Waals surface area contributed by atoms with Gasteiger partial charge < -0.3 is 14.2 Å². The second-order valence-electron chi connectivity index (χ2n) is 6.14. The number of benzene rings is 1. The lowest BCUT2D eigenvalue weighted by Gasteiger charge is -2.17. The monoisotopic (exact) mass is 387 g/mol. The number of esters is 2. The molecule has 0 saturated carbocycles. The van der Waals surface area contributed by atoms with Crippen LogP contribution < -0.4 is 5.56 Å². The molecule has 7 nitrogen and oxygen atoms in total. The molecule has 28 heavy (non-hydrogen) atoms. The standard InChI is InChI=1S/C21H25NO6/c1-5-27-20(24)18(21(25)28-6-2)16-8-7-11-22(19(16)23)17-10-9-14(3)12-15(17)13-26-4/h7-12,18H,5-6,13H2,1-4H3. The average Bonchev–Trinajstić information content (AvgIpc) is 2.65. The van der Waals surface area contributed by atoms with E-state index in [-0.39, 0.29) is 18.8 Å². The molecule has 0 aliphatic rings. The highest BCUT2D eigenvalue weighted by Gasteiger charge is 2.34. The van der Waals surface area contributed by atoms with Crippen molar-refractivity contribution in [2.45, 2.75) is 33.3 Å². The Labute approximate surface area is 163 Å². The van der Waals surface area contributed by atoms with Gasteiger partial charge in [-0.05, 0) is 32.9 Å². The molecule has 2 rings (SSSR count). The summed E-state index contributed by atoms with van der Waals surface area (Å²) in [6.07, 6.45) is 1.59. The van der Waals surface area contributed by atoms with Crippen LogP contribution in [-0.2, 0) is 30.4 Å². The molecular formula is C21H25NO6. The summed E-state index contributed by atoms with van der Waals surface area (Å²) in [5, 5.41) is 0. The van der Waals surface area contributed by atoms with Gasteiger partial charge in [0.15, 0.2) is 5.92 Å². The number of aryl methyl sites for hydroxylation is 1. The first-order valence-electron chi connectivity index (χ1n) is 9.08. The highest BCUT2D eigenvalue weighted by Crippen LogP contribution is 2.20. The molecule has 1 heterocycles. The maximum atomic E-state index is 13.2. The number of carbonyl (C=O) groups excluding carboxylic acids is 2. The van der Waals surface area contributed by atoms with Gasteiger partial charge in [-0.1, -0.05) is 23.8 Å².